The molecule has 0 spiro atoms. The Balaban J connectivity index is 2.07. The zero-order valence-corrected chi connectivity index (χ0v) is 12.1. The largest absolute Gasteiger partial charge is 0.488 e. The second kappa shape index (κ2) is 6.35. The first-order valence-electron chi connectivity index (χ1n) is 6.32. The molecule has 116 valence electrons. The first kappa shape index (κ1) is 15.6. The van der Waals surface area contributed by atoms with Crippen molar-refractivity contribution in [2.24, 2.45) is 0 Å². The fraction of sp³-hybridized carbons (Fsp3) is 0.500. The number of rotatable bonds is 5. The Labute approximate surface area is 121 Å². The fourth-order valence-electron chi connectivity index (χ4n) is 2.33. The molecule has 9 heteroatoms. The number of aromatic nitrogens is 1. The smallest absolute Gasteiger partial charge is 0.379 e. The van der Waals surface area contributed by atoms with Gasteiger partial charge in [0, 0.05) is 13.3 Å². The third-order valence-corrected chi connectivity index (χ3v) is 3.63. The number of hydrogen-bond donors (Lipinski definition) is 1. The maximum absolute atomic E-state index is 12.4. The van der Waals surface area contributed by atoms with Crippen LogP contribution in [0.1, 0.15) is 29.6 Å². The molecule has 1 heterocycles. The lowest BCUT2D eigenvalue weighted by molar-refractivity contribution is 0.0722. The maximum atomic E-state index is 12.4. The van der Waals surface area contributed by atoms with Crippen LogP contribution in [-0.4, -0.2) is 38.6 Å². The quantitative estimate of drug-likeness (QED) is 0.813. The molecule has 1 aliphatic carbocycles. The van der Waals surface area contributed by atoms with Crippen LogP contribution in [-0.2, 0) is 15.2 Å². The standard InChI is InChI=1S/C12H15FN2O5S/c1-19-11-4-2-3-10(11)15-12(16)8-5-9(7-14-6-8)20-21(13,17)18/h5-7,10-11H,2-4H2,1H3,(H,15,16)/t10-,11-/m1/s1. The average Bonchev–Trinajstić information content (AvgIpc) is 2.84. The molecule has 0 aliphatic heterocycles. The number of carbonyl (C=O) groups excluding carboxylic acids is 1. The van der Waals surface area contributed by atoms with Crippen LogP contribution >= 0.6 is 0 Å². The Morgan fingerprint density at radius 2 is 2.19 bits per heavy atom. The topological polar surface area (TPSA) is 94.6 Å². The van der Waals surface area contributed by atoms with Crippen LogP contribution in [0.3, 0.4) is 0 Å². The van der Waals surface area contributed by atoms with Crippen LogP contribution in [0.2, 0.25) is 0 Å². The highest BCUT2D eigenvalue weighted by atomic mass is 32.3. The number of ether oxygens (including phenoxy) is 1. The van der Waals surface area contributed by atoms with Crippen molar-refractivity contribution in [3.8, 4) is 5.75 Å². The Morgan fingerprint density at radius 1 is 1.43 bits per heavy atom. The minimum atomic E-state index is -5.15. The van der Waals surface area contributed by atoms with Crippen molar-refractivity contribution in [3.05, 3.63) is 24.0 Å². The van der Waals surface area contributed by atoms with Gasteiger partial charge in [-0.15, -0.1) is 0 Å². The monoisotopic (exact) mass is 318 g/mol. The molecule has 0 saturated heterocycles. The van der Waals surface area contributed by atoms with E-state index in [4.69, 9.17) is 4.74 Å². The third kappa shape index (κ3) is 4.36. The number of methoxy groups -OCH3 is 1. The van der Waals surface area contributed by atoms with E-state index in [1.54, 1.807) is 7.11 Å². The van der Waals surface area contributed by atoms with Crippen molar-refractivity contribution >= 4 is 16.4 Å². The van der Waals surface area contributed by atoms with Crippen LogP contribution in [0.25, 0.3) is 0 Å². The molecule has 2 atom stereocenters. The van der Waals surface area contributed by atoms with E-state index < -0.39 is 16.4 Å². The van der Waals surface area contributed by atoms with Crippen LogP contribution in [0.4, 0.5) is 3.89 Å². The second-order valence-corrected chi connectivity index (χ2v) is 5.62. The molecule has 1 N–H and O–H groups in total. The Bertz CT molecular complexity index is 622. The molecule has 0 bridgehead atoms. The van der Waals surface area contributed by atoms with E-state index in [1.807, 2.05) is 0 Å². The van der Waals surface area contributed by atoms with E-state index in [9.17, 15) is 17.1 Å². The zero-order valence-electron chi connectivity index (χ0n) is 11.3. The molecular formula is C12H15FN2O5S. The van der Waals surface area contributed by atoms with Crippen LogP contribution in [0, 0.1) is 0 Å². The summed E-state index contributed by atoms with van der Waals surface area (Å²) in [5.41, 5.74) is 0.0814. The predicted molar refractivity (Wildman–Crippen MR) is 70.8 cm³/mol. The van der Waals surface area contributed by atoms with Gasteiger partial charge in [0.2, 0.25) is 0 Å². The van der Waals surface area contributed by atoms with Crippen molar-refractivity contribution in [3.63, 3.8) is 0 Å². The second-order valence-electron chi connectivity index (χ2n) is 4.67. The summed E-state index contributed by atoms with van der Waals surface area (Å²) in [5, 5.41) is 2.78. The van der Waals surface area contributed by atoms with Crippen molar-refractivity contribution in [1.29, 1.82) is 0 Å². The predicted octanol–water partition coefficient (Wildman–Crippen LogP) is 0.972. The first-order chi connectivity index (χ1) is 9.89. The van der Waals surface area contributed by atoms with Gasteiger partial charge in [-0.05, 0) is 25.3 Å². The van der Waals surface area contributed by atoms with Crippen LogP contribution < -0.4 is 9.50 Å². The van der Waals surface area contributed by atoms with Crippen molar-refractivity contribution in [2.75, 3.05) is 7.11 Å². The Morgan fingerprint density at radius 3 is 2.86 bits per heavy atom. The Kier molecular flexibility index (Phi) is 4.73. The molecular weight excluding hydrogens is 303 g/mol. The van der Waals surface area contributed by atoms with Gasteiger partial charge in [-0.3, -0.25) is 9.78 Å². The number of halogens is 1. The van der Waals surface area contributed by atoms with Gasteiger partial charge in [-0.2, -0.15) is 8.42 Å². The summed E-state index contributed by atoms with van der Waals surface area (Å²) in [4.78, 5) is 15.7. The lowest BCUT2D eigenvalue weighted by atomic mass is 10.2. The number of carbonyl (C=O) groups is 1. The van der Waals surface area contributed by atoms with E-state index in [-0.39, 0.29) is 23.5 Å². The summed E-state index contributed by atoms with van der Waals surface area (Å²) < 4.78 is 42.6. The van der Waals surface area contributed by atoms with E-state index in [2.05, 4.69) is 14.5 Å². The minimum Gasteiger partial charge on any atom is -0.379 e. The summed E-state index contributed by atoms with van der Waals surface area (Å²) in [6.07, 6.45) is 4.80. The molecule has 7 nitrogen and oxygen atoms in total. The maximum Gasteiger partial charge on any atom is 0.488 e. The highest BCUT2D eigenvalue weighted by Crippen LogP contribution is 2.22. The van der Waals surface area contributed by atoms with Gasteiger partial charge in [0.15, 0.2) is 5.75 Å². The van der Waals surface area contributed by atoms with Crippen molar-refractivity contribution < 1.29 is 26.0 Å². The number of nitrogens with one attached hydrogen (secondary N) is 1. The first-order valence-corrected chi connectivity index (χ1v) is 7.62. The molecule has 1 saturated carbocycles. The molecule has 2 rings (SSSR count). The highest BCUT2D eigenvalue weighted by Gasteiger charge is 2.28. The molecule has 1 aromatic heterocycles. The summed E-state index contributed by atoms with van der Waals surface area (Å²) in [6, 6.07) is 0.993. The fourth-order valence-corrected chi connectivity index (χ4v) is 2.65. The van der Waals surface area contributed by atoms with Gasteiger partial charge in [0.05, 0.1) is 23.9 Å². The third-order valence-electron chi connectivity index (χ3n) is 3.24. The lowest BCUT2D eigenvalue weighted by Gasteiger charge is -2.19. The molecule has 0 radical (unpaired) electrons. The number of pyridine rings is 1. The van der Waals surface area contributed by atoms with E-state index in [0.29, 0.717) is 0 Å². The van der Waals surface area contributed by atoms with Gasteiger partial charge < -0.3 is 14.2 Å². The lowest BCUT2D eigenvalue weighted by Crippen LogP contribution is -2.40. The normalized spacial score (nSPS) is 22.0. The van der Waals surface area contributed by atoms with Crippen molar-refractivity contribution in [1.82, 2.24) is 10.3 Å². The summed E-state index contributed by atoms with van der Waals surface area (Å²) in [7, 11) is -3.57. The molecule has 1 aromatic rings. The summed E-state index contributed by atoms with van der Waals surface area (Å²) in [6.45, 7) is 0. The molecule has 1 amide bonds. The molecule has 1 aliphatic rings. The molecule has 0 aromatic carbocycles. The molecule has 1 fully saturated rings. The Hall–Kier alpha value is -1.74. The number of amides is 1. The van der Waals surface area contributed by atoms with Gasteiger partial charge in [0.1, 0.15) is 0 Å². The van der Waals surface area contributed by atoms with Gasteiger partial charge >= 0.3 is 10.5 Å². The minimum absolute atomic E-state index is 0.0486. The van der Waals surface area contributed by atoms with E-state index in [1.165, 1.54) is 6.20 Å². The molecule has 21 heavy (non-hydrogen) atoms. The summed E-state index contributed by atoms with van der Waals surface area (Å²) in [5.74, 6) is -0.807. The van der Waals surface area contributed by atoms with Crippen LogP contribution in [0.15, 0.2) is 18.5 Å². The zero-order chi connectivity index (χ0) is 15.5. The van der Waals surface area contributed by atoms with Gasteiger partial charge in [-0.25, -0.2) is 0 Å². The van der Waals surface area contributed by atoms with E-state index >= 15 is 0 Å². The van der Waals surface area contributed by atoms with Gasteiger partial charge in [-0.1, -0.05) is 3.89 Å². The van der Waals surface area contributed by atoms with Crippen molar-refractivity contribution in [2.45, 2.75) is 31.4 Å². The average molecular weight is 318 g/mol. The number of hydrogen-bond acceptors (Lipinski definition) is 6. The number of nitrogens with zero attached hydrogens (tertiary/aromatic N) is 1. The summed E-state index contributed by atoms with van der Waals surface area (Å²) >= 11 is 0. The SMILES string of the molecule is CO[C@@H]1CCC[C@H]1NC(=O)c1cncc(OS(=O)(=O)F)c1. The van der Waals surface area contributed by atoms with Gasteiger partial charge in [0.25, 0.3) is 5.91 Å². The van der Waals surface area contributed by atoms with Crippen LogP contribution in [0.5, 0.6) is 5.75 Å². The van der Waals surface area contributed by atoms with E-state index in [0.717, 1.165) is 31.5 Å². The highest BCUT2D eigenvalue weighted by molar-refractivity contribution is 7.81. The molecule has 0 unspecified atom stereocenters.